The van der Waals surface area contributed by atoms with Gasteiger partial charge in [-0.1, -0.05) is 40.9 Å². The zero-order valence-corrected chi connectivity index (χ0v) is 21.1. The first-order valence-corrected chi connectivity index (χ1v) is 11.8. The summed E-state index contributed by atoms with van der Waals surface area (Å²) in [5.74, 6) is -4.61. The molecule has 12 heteroatoms. The van der Waals surface area contributed by atoms with Crippen LogP contribution in [0.2, 0.25) is 15.1 Å². The van der Waals surface area contributed by atoms with E-state index >= 15 is 0 Å². The van der Waals surface area contributed by atoms with Crippen LogP contribution < -0.4 is 16.4 Å². The topological polar surface area (TPSA) is 84.2 Å². The number of amides is 2. The summed E-state index contributed by atoms with van der Waals surface area (Å²) >= 11 is 30.9. The lowest BCUT2D eigenvalue weighted by Crippen LogP contribution is -2.18. The number of halogens is 7. The van der Waals surface area contributed by atoms with E-state index in [1.165, 1.54) is 18.2 Å². The van der Waals surface area contributed by atoms with Crippen molar-refractivity contribution in [3.8, 4) is 0 Å². The van der Waals surface area contributed by atoms with Crippen molar-refractivity contribution in [1.82, 2.24) is 0 Å². The normalized spacial score (nSPS) is 18.1. The average molecular weight is 580 g/mol. The molecule has 3 aromatic carbocycles. The maximum atomic E-state index is 13.7. The van der Waals surface area contributed by atoms with Gasteiger partial charge in [0.1, 0.15) is 10.2 Å². The van der Waals surface area contributed by atoms with Gasteiger partial charge in [-0.2, -0.15) is 0 Å². The van der Waals surface area contributed by atoms with Gasteiger partial charge in [0.15, 0.2) is 5.82 Å². The molecule has 0 radical (unpaired) electrons. The molecule has 0 bridgehead atoms. The van der Waals surface area contributed by atoms with Crippen LogP contribution in [-0.4, -0.2) is 16.1 Å². The standard InChI is InChI=1S/C23H14Cl5F2N3O2/c24-13-4-2-11(8-12(13)21(34)33-17-7-10(29)6-16(30)20(17)31)32-22(35)19-18(23(19,27)28)9-1-3-14(25)15(26)5-9/h1-8,18-19H,31H2,(H,32,35)(H,33,34)/t18-,19?/m0/s1. The number of benzene rings is 3. The molecule has 0 aromatic heterocycles. The molecular formula is C23H14Cl5F2N3O2. The van der Waals surface area contributed by atoms with Gasteiger partial charge in [0.2, 0.25) is 5.91 Å². The summed E-state index contributed by atoms with van der Waals surface area (Å²) in [7, 11) is 0. The molecule has 5 nitrogen and oxygen atoms in total. The van der Waals surface area contributed by atoms with Crippen LogP contribution in [0.15, 0.2) is 48.5 Å². The van der Waals surface area contributed by atoms with Crippen LogP contribution in [0.25, 0.3) is 0 Å². The van der Waals surface area contributed by atoms with Crippen molar-refractivity contribution in [3.05, 3.63) is 86.4 Å². The molecule has 0 saturated heterocycles. The molecule has 1 aliphatic rings. The summed E-state index contributed by atoms with van der Waals surface area (Å²) in [4.78, 5) is 25.6. The summed E-state index contributed by atoms with van der Waals surface area (Å²) in [5, 5.41) is 5.63. The second-order valence-corrected chi connectivity index (χ2v) is 10.5. The Bertz CT molecular complexity index is 1370. The van der Waals surface area contributed by atoms with Crippen molar-refractivity contribution in [2.24, 2.45) is 5.92 Å². The minimum atomic E-state index is -1.38. The highest BCUT2D eigenvalue weighted by atomic mass is 35.5. The van der Waals surface area contributed by atoms with E-state index < -0.39 is 45.3 Å². The van der Waals surface area contributed by atoms with Crippen molar-refractivity contribution >= 4 is 86.9 Å². The maximum absolute atomic E-state index is 13.7. The molecule has 1 aliphatic carbocycles. The van der Waals surface area contributed by atoms with E-state index in [4.69, 9.17) is 63.7 Å². The van der Waals surface area contributed by atoms with Gasteiger partial charge in [0, 0.05) is 17.7 Å². The van der Waals surface area contributed by atoms with Crippen LogP contribution in [0.1, 0.15) is 21.8 Å². The Morgan fingerprint density at radius 2 is 1.57 bits per heavy atom. The highest BCUT2D eigenvalue weighted by molar-refractivity contribution is 6.53. The number of carbonyl (C=O) groups excluding carboxylic acids is 2. The molecule has 1 saturated carbocycles. The van der Waals surface area contributed by atoms with Crippen LogP contribution in [0.3, 0.4) is 0 Å². The molecule has 35 heavy (non-hydrogen) atoms. The van der Waals surface area contributed by atoms with Gasteiger partial charge in [-0.15, -0.1) is 23.2 Å². The van der Waals surface area contributed by atoms with E-state index in [0.29, 0.717) is 21.7 Å². The fraction of sp³-hybridized carbons (Fsp3) is 0.130. The number of anilines is 3. The van der Waals surface area contributed by atoms with Gasteiger partial charge in [0.25, 0.3) is 5.91 Å². The van der Waals surface area contributed by atoms with E-state index in [1.807, 2.05) is 0 Å². The number of alkyl halides is 2. The third-order valence-corrected chi connectivity index (χ3v) is 7.47. The fourth-order valence-corrected chi connectivity index (χ4v) is 4.99. The fourth-order valence-electron chi connectivity index (χ4n) is 3.65. The lowest BCUT2D eigenvalue weighted by Gasteiger charge is -2.12. The zero-order chi connectivity index (χ0) is 25.7. The molecule has 2 atom stereocenters. The van der Waals surface area contributed by atoms with Crippen molar-refractivity contribution in [3.63, 3.8) is 0 Å². The highest BCUT2D eigenvalue weighted by Crippen LogP contribution is 2.65. The first-order valence-electron chi connectivity index (χ1n) is 9.89. The second kappa shape index (κ2) is 9.64. The SMILES string of the molecule is Nc1c(F)cc(F)cc1NC(=O)c1cc(NC(=O)C2[C@H](c3ccc(Cl)c(Cl)c3)C2(Cl)Cl)ccc1Cl. The molecule has 3 aromatic rings. The minimum Gasteiger partial charge on any atom is -0.395 e. The van der Waals surface area contributed by atoms with Gasteiger partial charge < -0.3 is 16.4 Å². The van der Waals surface area contributed by atoms with E-state index in [1.54, 1.807) is 18.2 Å². The molecular weight excluding hydrogens is 566 g/mol. The minimum absolute atomic E-state index is 0.0279. The molecule has 1 fully saturated rings. The number of nitrogens with one attached hydrogen (secondary N) is 2. The first kappa shape index (κ1) is 25.8. The molecule has 4 rings (SSSR count). The van der Waals surface area contributed by atoms with Crippen LogP contribution in [0, 0.1) is 17.6 Å². The van der Waals surface area contributed by atoms with E-state index in [9.17, 15) is 18.4 Å². The second-order valence-electron chi connectivity index (χ2n) is 7.79. The predicted octanol–water partition coefficient (Wildman–Crippen LogP) is 7.29. The third-order valence-electron chi connectivity index (χ3n) is 5.46. The summed E-state index contributed by atoms with van der Waals surface area (Å²) < 4.78 is 25.8. The van der Waals surface area contributed by atoms with E-state index in [-0.39, 0.29) is 22.0 Å². The zero-order valence-electron chi connectivity index (χ0n) is 17.3. The molecule has 2 amide bonds. The monoisotopic (exact) mass is 577 g/mol. The Balaban J connectivity index is 1.52. The molecule has 1 unspecified atom stereocenters. The number of nitrogens with two attached hydrogens (primary N) is 1. The quantitative estimate of drug-likeness (QED) is 0.219. The lowest BCUT2D eigenvalue weighted by atomic mass is 10.1. The predicted molar refractivity (Wildman–Crippen MR) is 136 cm³/mol. The van der Waals surface area contributed by atoms with Gasteiger partial charge >= 0.3 is 0 Å². The Morgan fingerprint density at radius 1 is 0.886 bits per heavy atom. The van der Waals surface area contributed by atoms with Crippen LogP contribution in [0.4, 0.5) is 25.8 Å². The Kier molecular flexibility index (Phi) is 7.10. The van der Waals surface area contributed by atoms with Crippen LogP contribution in [0.5, 0.6) is 0 Å². The van der Waals surface area contributed by atoms with Crippen molar-refractivity contribution < 1.29 is 18.4 Å². The van der Waals surface area contributed by atoms with Crippen LogP contribution in [-0.2, 0) is 4.79 Å². The number of hydrogen-bond donors (Lipinski definition) is 3. The molecule has 4 N–H and O–H groups in total. The number of rotatable bonds is 5. The highest BCUT2D eigenvalue weighted by Gasteiger charge is 2.67. The van der Waals surface area contributed by atoms with Crippen molar-refractivity contribution in [2.75, 3.05) is 16.4 Å². The van der Waals surface area contributed by atoms with Gasteiger partial charge in [-0.05, 0) is 42.0 Å². The average Bonchev–Trinajstić information content (AvgIpc) is 3.36. The Hall–Kier alpha value is -2.29. The molecule has 0 aliphatic heterocycles. The molecule has 182 valence electrons. The number of hydrogen-bond acceptors (Lipinski definition) is 3. The Labute approximate surface area is 223 Å². The maximum Gasteiger partial charge on any atom is 0.257 e. The smallest absolute Gasteiger partial charge is 0.257 e. The summed E-state index contributed by atoms with van der Waals surface area (Å²) in [6.07, 6.45) is 0. The third kappa shape index (κ3) is 5.15. The van der Waals surface area contributed by atoms with Crippen molar-refractivity contribution in [2.45, 2.75) is 10.3 Å². The lowest BCUT2D eigenvalue weighted by molar-refractivity contribution is -0.117. The Morgan fingerprint density at radius 3 is 2.26 bits per heavy atom. The number of carbonyl (C=O) groups is 2. The molecule has 0 spiro atoms. The number of nitrogen functional groups attached to an aromatic ring is 1. The summed E-state index contributed by atoms with van der Waals surface area (Å²) in [5.41, 5.74) is 5.64. The summed E-state index contributed by atoms with van der Waals surface area (Å²) in [6, 6.07) is 10.4. The van der Waals surface area contributed by atoms with Gasteiger partial charge in [-0.3, -0.25) is 9.59 Å². The van der Waals surface area contributed by atoms with E-state index in [0.717, 1.165) is 6.07 Å². The van der Waals surface area contributed by atoms with Crippen molar-refractivity contribution in [1.29, 1.82) is 0 Å². The van der Waals surface area contributed by atoms with E-state index in [2.05, 4.69) is 10.6 Å². The largest absolute Gasteiger partial charge is 0.395 e. The molecule has 0 heterocycles. The first-order chi connectivity index (χ1) is 16.4. The van der Waals surface area contributed by atoms with Gasteiger partial charge in [-0.25, -0.2) is 8.78 Å². The van der Waals surface area contributed by atoms with Gasteiger partial charge in [0.05, 0.1) is 37.9 Å². The summed E-state index contributed by atoms with van der Waals surface area (Å²) in [6.45, 7) is 0. The van der Waals surface area contributed by atoms with Crippen LogP contribution >= 0.6 is 58.0 Å².